The Morgan fingerprint density at radius 2 is 2.11 bits per heavy atom. The summed E-state index contributed by atoms with van der Waals surface area (Å²) in [5, 5.41) is 12.0. The van der Waals surface area contributed by atoms with Crippen molar-refractivity contribution in [2.45, 2.75) is 19.0 Å². The molecule has 1 aromatic rings. The summed E-state index contributed by atoms with van der Waals surface area (Å²) >= 11 is 0. The van der Waals surface area contributed by atoms with Crippen molar-refractivity contribution >= 4 is 11.9 Å². The van der Waals surface area contributed by atoms with Crippen LogP contribution in [0, 0.1) is 0 Å². The van der Waals surface area contributed by atoms with Crippen molar-refractivity contribution in [3.05, 3.63) is 35.4 Å². The van der Waals surface area contributed by atoms with Crippen LogP contribution < -0.4 is 5.32 Å². The number of amides is 1. The molecule has 1 fully saturated rings. The van der Waals surface area contributed by atoms with E-state index in [0.29, 0.717) is 6.54 Å². The number of aromatic carboxylic acids is 1. The number of hydrogen-bond acceptors (Lipinski definition) is 3. The molecule has 1 heterocycles. The zero-order valence-corrected chi connectivity index (χ0v) is 10.2. The number of nitrogens with zero attached hydrogens (tertiary/aromatic N) is 1. The Morgan fingerprint density at radius 3 is 2.61 bits per heavy atom. The Labute approximate surface area is 105 Å². The lowest BCUT2D eigenvalue weighted by Crippen LogP contribution is -2.36. The number of rotatable bonds is 4. The second kappa shape index (κ2) is 5.18. The number of benzene rings is 1. The maximum atomic E-state index is 11.7. The highest BCUT2D eigenvalue weighted by atomic mass is 16.4. The lowest BCUT2D eigenvalue weighted by molar-refractivity contribution is -0.128. The molecule has 5 nitrogen and oxygen atoms in total. The van der Waals surface area contributed by atoms with Gasteiger partial charge in [0, 0.05) is 20.1 Å². The average Bonchev–Trinajstić information content (AvgIpc) is 2.68. The Balaban J connectivity index is 1.91. The van der Waals surface area contributed by atoms with Gasteiger partial charge in [-0.25, -0.2) is 4.79 Å². The van der Waals surface area contributed by atoms with Crippen LogP contribution in [0.15, 0.2) is 24.3 Å². The quantitative estimate of drug-likeness (QED) is 0.823. The summed E-state index contributed by atoms with van der Waals surface area (Å²) < 4.78 is 0. The van der Waals surface area contributed by atoms with Gasteiger partial charge in [-0.15, -0.1) is 0 Å². The molecule has 18 heavy (non-hydrogen) atoms. The first-order chi connectivity index (χ1) is 8.58. The maximum absolute atomic E-state index is 11.7. The molecule has 1 aromatic carbocycles. The lowest BCUT2D eigenvalue weighted by atomic mass is 10.1. The van der Waals surface area contributed by atoms with Crippen LogP contribution in [-0.4, -0.2) is 41.5 Å². The summed E-state index contributed by atoms with van der Waals surface area (Å²) in [7, 11) is 1.80. The van der Waals surface area contributed by atoms with Crippen LogP contribution in [0.25, 0.3) is 0 Å². The molecule has 0 aliphatic carbocycles. The molecule has 1 saturated heterocycles. The van der Waals surface area contributed by atoms with E-state index in [1.54, 1.807) is 36.2 Å². The zero-order chi connectivity index (χ0) is 13.1. The second-order valence-electron chi connectivity index (χ2n) is 4.48. The summed E-state index contributed by atoms with van der Waals surface area (Å²) in [6.45, 7) is 1.36. The lowest BCUT2D eigenvalue weighted by Gasteiger charge is -2.12. The predicted octanol–water partition coefficient (Wildman–Crippen LogP) is 0.705. The van der Waals surface area contributed by atoms with E-state index in [1.807, 2.05) is 0 Å². The number of hydrogen-bond donors (Lipinski definition) is 2. The van der Waals surface area contributed by atoms with Crippen LogP contribution in [0.1, 0.15) is 22.3 Å². The van der Waals surface area contributed by atoms with Crippen LogP contribution >= 0.6 is 0 Å². The summed E-state index contributed by atoms with van der Waals surface area (Å²) in [6.07, 6.45) is 0.822. The number of carbonyl (C=O) groups excluding carboxylic acids is 1. The molecule has 0 aromatic heterocycles. The van der Waals surface area contributed by atoms with Gasteiger partial charge in [-0.05, 0) is 24.1 Å². The van der Waals surface area contributed by atoms with Crippen molar-refractivity contribution in [1.29, 1.82) is 0 Å². The molecule has 96 valence electrons. The van der Waals surface area contributed by atoms with E-state index in [1.165, 1.54) is 0 Å². The Hall–Kier alpha value is -1.88. The van der Waals surface area contributed by atoms with Crippen molar-refractivity contribution < 1.29 is 14.7 Å². The minimum absolute atomic E-state index is 0.117. The van der Waals surface area contributed by atoms with Gasteiger partial charge in [-0.2, -0.15) is 0 Å². The number of carboxylic acids is 1. The minimum Gasteiger partial charge on any atom is -0.478 e. The van der Waals surface area contributed by atoms with E-state index in [2.05, 4.69) is 5.32 Å². The minimum atomic E-state index is -0.929. The molecular formula is C13H16N2O3. The predicted molar refractivity (Wildman–Crippen MR) is 66.3 cm³/mol. The van der Waals surface area contributed by atoms with Gasteiger partial charge in [0.25, 0.3) is 0 Å². The van der Waals surface area contributed by atoms with Crippen LogP contribution in [0.5, 0.6) is 0 Å². The first kappa shape index (κ1) is 12.6. The fourth-order valence-corrected chi connectivity index (χ4v) is 2.02. The van der Waals surface area contributed by atoms with E-state index in [4.69, 9.17) is 5.11 Å². The van der Waals surface area contributed by atoms with Crippen molar-refractivity contribution in [3.63, 3.8) is 0 Å². The van der Waals surface area contributed by atoms with Crippen LogP contribution in [0.4, 0.5) is 0 Å². The highest BCUT2D eigenvalue weighted by Crippen LogP contribution is 2.10. The Morgan fingerprint density at radius 1 is 1.44 bits per heavy atom. The standard InChI is InChI=1S/C13H16N2O3/c1-15-7-6-11(12(15)16)14-8-9-2-4-10(5-3-9)13(17)18/h2-5,11,14H,6-8H2,1H3,(H,17,18). The molecule has 0 spiro atoms. The van der Waals surface area contributed by atoms with Gasteiger partial charge in [0.15, 0.2) is 0 Å². The van der Waals surface area contributed by atoms with E-state index in [0.717, 1.165) is 18.5 Å². The summed E-state index contributed by atoms with van der Waals surface area (Å²) in [4.78, 5) is 24.1. The molecule has 1 amide bonds. The molecule has 0 saturated carbocycles. The summed E-state index contributed by atoms with van der Waals surface area (Å²) in [5.41, 5.74) is 1.25. The van der Waals surface area contributed by atoms with Gasteiger partial charge in [-0.1, -0.05) is 12.1 Å². The number of carbonyl (C=O) groups is 2. The average molecular weight is 248 g/mol. The number of carboxylic acid groups (broad SMARTS) is 1. The van der Waals surface area contributed by atoms with Crippen molar-refractivity contribution in [2.24, 2.45) is 0 Å². The second-order valence-corrected chi connectivity index (χ2v) is 4.48. The molecule has 5 heteroatoms. The Kier molecular flexibility index (Phi) is 3.62. The topological polar surface area (TPSA) is 69.6 Å². The highest BCUT2D eigenvalue weighted by Gasteiger charge is 2.28. The maximum Gasteiger partial charge on any atom is 0.335 e. The Bertz CT molecular complexity index is 456. The van der Waals surface area contributed by atoms with Gasteiger partial charge >= 0.3 is 5.97 Å². The van der Waals surface area contributed by atoms with Gasteiger partial charge in [0.05, 0.1) is 11.6 Å². The molecule has 1 unspecified atom stereocenters. The van der Waals surface area contributed by atoms with E-state index in [-0.39, 0.29) is 17.5 Å². The smallest absolute Gasteiger partial charge is 0.335 e. The van der Waals surface area contributed by atoms with Crippen molar-refractivity contribution in [3.8, 4) is 0 Å². The normalized spacial score (nSPS) is 19.3. The zero-order valence-electron chi connectivity index (χ0n) is 10.2. The van der Waals surface area contributed by atoms with Crippen molar-refractivity contribution in [2.75, 3.05) is 13.6 Å². The fourth-order valence-electron chi connectivity index (χ4n) is 2.02. The highest BCUT2D eigenvalue weighted by molar-refractivity contribution is 5.87. The molecule has 2 rings (SSSR count). The SMILES string of the molecule is CN1CCC(NCc2ccc(C(=O)O)cc2)C1=O. The third-order valence-corrected chi connectivity index (χ3v) is 3.18. The van der Waals surface area contributed by atoms with Gasteiger partial charge in [0.2, 0.25) is 5.91 Å². The molecule has 2 N–H and O–H groups in total. The third-order valence-electron chi connectivity index (χ3n) is 3.18. The molecule has 0 bridgehead atoms. The van der Waals surface area contributed by atoms with Gasteiger partial charge in [0.1, 0.15) is 0 Å². The van der Waals surface area contributed by atoms with E-state index < -0.39 is 5.97 Å². The molecule has 0 radical (unpaired) electrons. The van der Waals surface area contributed by atoms with E-state index in [9.17, 15) is 9.59 Å². The number of nitrogens with one attached hydrogen (secondary N) is 1. The van der Waals surface area contributed by atoms with Gasteiger partial charge < -0.3 is 15.3 Å². The molecular weight excluding hydrogens is 232 g/mol. The van der Waals surface area contributed by atoms with Crippen LogP contribution in [0.3, 0.4) is 0 Å². The third kappa shape index (κ3) is 2.68. The molecule has 1 atom stereocenters. The summed E-state index contributed by atoms with van der Waals surface area (Å²) in [5.74, 6) is -0.806. The number of likely N-dealkylation sites (tertiary alicyclic amines) is 1. The monoisotopic (exact) mass is 248 g/mol. The van der Waals surface area contributed by atoms with E-state index >= 15 is 0 Å². The molecule has 1 aliphatic heterocycles. The van der Waals surface area contributed by atoms with Crippen LogP contribution in [-0.2, 0) is 11.3 Å². The van der Waals surface area contributed by atoms with Gasteiger partial charge in [-0.3, -0.25) is 4.79 Å². The summed E-state index contributed by atoms with van der Waals surface area (Å²) in [6, 6.07) is 6.55. The first-order valence-electron chi connectivity index (χ1n) is 5.88. The largest absolute Gasteiger partial charge is 0.478 e. The number of likely N-dealkylation sites (N-methyl/N-ethyl adjacent to an activating group) is 1. The molecule has 1 aliphatic rings. The van der Waals surface area contributed by atoms with Crippen molar-refractivity contribution in [1.82, 2.24) is 10.2 Å². The van der Waals surface area contributed by atoms with Crippen LogP contribution in [0.2, 0.25) is 0 Å². The fraction of sp³-hybridized carbons (Fsp3) is 0.385. The first-order valence-corrected chi connectivity index (χ1v) is 5.88.